The SMILES string of the molecule is CCCC#CC1CC(c2ccc(Cl)cc2)=NN(C)C1=O. The van der Waals surface area contributed by atoms with Gasteiger partial charge in [-0.25, -0.2) is 5.01 Å². The Morgan fingerprint density at radius 1 is 1.40 bits per heavy atom. The van der Waals surface area contributed by atoms with Crippen LogP contribution in [0, 0.1) is 17.8 Å². The lowest BCUT2D eigenvalue weighted by atomic mass is 9.95. The minimum absolute atomic E-state index is 0.0358. The Bertz CT molecular complexity index is 581. The number of carbonyl (C=O) groups is 1. The normalized spacial score (nSPS) is 18.4. The number of hydrogen-bond acceptors (Lipinski definition) is 2. The molecule has 20 heavy (non-hydrogen) atoms. The van der Waals surface area contributed by atoms with Crippen LogP contribution in [-0.4, -0.2) is 23.7 Å². The Kier molecular flexibility index (Phi) is 4.81. The molecule has 1 atom stereocenters. The van der Waals surface area contributed by atoms with Crippen LogP contribution in [0.25, 0.3) is 0 Å². The van der Waals surface area contributed by atoms with Crippen LogP contribution in [-0.2, 0) is 4.79 Å². The molecule has 0 fully saturated rings. The highest BCUT2D eigenvalue weighted by Gasteiger charge is 2.27. The van der Waals surface area contributed by atoms with Gasteiger partial charge in [0.05, 0.1) is 5.71 Å². The van der Waals surface area contributed by atoms with Gasteiger partial charge in [-0.15, -0.1) is 5.92 Å². The zero-order chi connectivity index (χ0) is 14.5. The van der Waals surface area contributed by atoms with Gasteiger partial charge in [-0.3, -0.25) is 4.79 Å². The number of rotatable bonds is 2. The number of nitrogens with zero attached hydrogens (tertiary/aromatic N) is 2. The van der Waals surface area contributed by atoms with Crippen LogP contribution in [0.3, 0.4) is 0 Å². The van der Waals surface area contributed by atoms with E-state index in [9.17, 15) is 4.79 Å². The van der Waals surface area contributed by atoms with Crippen molar-refractivity contribution in [2.75, 3.05) is 7.05 Å². The van der Waals surface area contributed by atoms with E-state index in [0.29, 0.717) is 11.4 Å². The molecule has 1 aliphatic rings. The van der Waals surface area contributed by atoms with Crippen molar-refractivity contribution in [1.82, 2.24) is 5.01 Å². The average molecular weight is 289 g/mol. The second-order valence-corrected chi connectivity index (χ2v) is 5.18. The molecule has 104 valence electrons. The maximum absolute atomic E-state index is 12.0. The second kappa shape index (κ2) is 6.58. The molecule has 1 aromatic rings. The van der Waals surface area contributed by atoms with Gasteiger partial charge >= 0.3 is 0 Å². The van der Waals surface area contributed by atoms with Gasteiger partial charge in [0.15, 0.2) is 0 Å². The molecule has 1 unspecified atom stereocenters. The molecular formula is C16H17ClN2O. The molecule has 3 nitrogen and oxygen atoms in total. The van der Waals surface area contributed by atoms with Crippen LogP contribution in [0.4, 0.5) is 0 Å². The first-order valence-electron chi connectivity index (χ1n) is 6.71. The third kappa shape index (κ3) is 3.40. The van der Waals surface area contributed by atoms with Crippen LogP contribution in [0.5, 0.6) is 0 Å². The van der Waals surface area contributed by atoms with Gasteiger partial charge in [0, 0.05) is 24.9 Å². The summed E-state index contributed by atoms with van der Waals surface area (Å²) in [4.78, 5) is 12.0. The molecule has 0 spiro atoms. The highest BCUT2D eigenvalue weighted by molar-refractivity contribution is 6.30. The van der Waals surface area contributed by atoms with E-state index in [4.69, 9.17) is 11.6 Å². The van der Waals surface area contributed by atoms with Crippen molar-refractivity contribution in [2.24, 2.45) is 11.0 Å². The fourth-order valence-electron chi connectivity index (χ4n) is 2.03. The van der Waals surface area contributed by atoms with Gasteiger partial charge in [0.25, 0.3) is 5.91 Å². The van der Waals surface area contributed by atoms with Crippen LogP contribution in [0.1, 0.15) is 31.7 Å². The summed E-state index contributed by atoms with van der Waals surface area (Å²) in [6.45, 7) is 2.07. The van der Waals surface area contributed by atoms with Crippen LogP contribution >= 0.6 is 11.6 Å². The predicted molar refractivity (Wildman–Crippen MR) is 81.6 cm³/mol. The van der Waals surface area contributed by atoms with Crippen molar-refractivity contribution in [3.8, 4) is 11.8 Å². The molecule has 1 heterocycles. The molecule has 1 aromatic carbocycles. The fourth-order valence-corrected chi connectivity index (χ4v) is 2.15. The highest BCUT2D eigenvalue weighted by atomic mass is 35.5. The summed E-state index contributed by atoms with van der Waals surface area (Å²) >= 11 is 5.89. The molecule has 4 heteroatoms. The van der Waals surface area contributed by atoms with Crippen molar-refractivity contribution in [3.05, 3.63) is 34.9 Å². The lowest BCUT2D eigenvalue weighted by molar-refractivity contribution is -0.132. The number of amides is 1. The van der Waals surface area contributed by atoms with Gasteiger partial charge in [-0.05, 0) is 24.1 Å². The van der Waals surface area contributed by atoms with Gasteiger partial charge in [-0.2, -0.15) is 5.10 Å². The number of carbonyl (C=O) groups excluding carboxylic acids is 1. The third-order valence-corrected chi connectivity index (χ3v) is 3.37. The first-order chi connectivity index (χ1) is 9.61. The second-order valence-electron chi connectivity index (χ2n) is 4.74. The fraction of sp³-hybridized carbons (Fsp3) is 0.375. The van der Waals surface area contributed by atoms with Crippen molar-refractivity contribution in [3.63, 3.8) is 0 Å². The van der Waals surface area contributed by atoms with Crippen molar-refractivity contribution in [1.29, 1.82) is 0 Å². The number of benzene rings is 1. The van der Waals surface area contributed by atoms with E-state index in [1.807, 2.05) is 24.3 Å². The van der Waals surface area contributed by atoms with E-state index < -0.39 is 0 Å². The highest BCUT2D eigenvalue weighted by Crippen LogP contribution is 2.20. The number of halogens is 1. The van der Waals surface area contributed by atoms with Crippen molar-refractivity contribution < 1.29 is 4.79 Å². The Labute approximate surface area is 124 Å². The summed E-state index contributed by atoms with van der Waals surface area (Å²) in [5, 5.41) is 6.41. The zero-order valence-corrected chi connectivity index (χ0v) is 12.4. The molecule has 0 saturated carbocycles. The van der Waals surface area contributed by atoms with E-state index in [1.165, 1.54) is 5.01 Å². The molecule has 1 aliphatic heterocycles. The predicted octanol–water partition coefficient (Wildman–Crippen LogP) is 3.33. The molecule has 0 aromatic heterocycles. The van der Waals surface area contributed by atoms with E-state index in [-0.39, 0.29) is 11.8 Å². The number of hydrazone groups is 1. The molecule has 0 N–H and O–H groups in total. The first kappa shape index (κ1) is 14.6. The molecular weight excluding hydrogens is 272 g/mol. The van der Waals surface area contributed by atoms with Gasteiger partial charge in [0.1, 0.15) is 5.92 Å². The Balaban J connectivity index is 2.23. The monoisotopic (exact) mass is 288 g/mol. The lowest BCUT2D eigenvalue weighted by Gasteiger charge is -2.24. The zero-order valence-electron chi connectivity index (χ0n) is 11.7. The van der Waals surface area contributed by atoms with Gasteiger partial charge in [-0.1, -0.05) is 36.6 Å². The summed E-state index contributed by atoms with van der Waals surface area (Å²) in [6.07, 6.45) is 2.38. The van der Waals surface area contributed by atoms with E-state index in [2.05, 4.69) is 23.9 Å². The quantitative estimate of drug-likeness (QED) is 0.768. The Morgan fingerprint density at radius 3 is 2.75 bits per heavy atom. The summed E-state index contributed by atoms with van der Waals surface area (Å²) in [5.74, 6) is 5.80. The minimum atomic E-state index is -0.297. The maximum Gasteiger partial charge on any atom is 0.257 e. The first-order valence-corrected chi connectivity index (χ1v) is 7.09. The van der Waals surface area contributed by atoms with E-state index in [0.717, 1.165) is 24.1 Å². The van der Waals surface area contributed by atoms with E-state index >= 15 is 0 Å². The molecule has 0 saturated heterocycles. The smallest absolute Gasteiger partial charge is 0.257 e. The average Bonchev–Trinajstić information content (AvgIpc) is 2.44. The third-order valence-electron chi connectivity index (χ3n) is 3.11. The summed E-state index contributed by atoms with van der Waals surface area (Å²) in [7, 11) is 1.67. The molecule has 0 aliphatic carbocycles. The van der Waals surface area contributed by atoms with Gasteiger partial charge in [0.2, 0.25) is 0 Å². The van der Waals surface area contributed by atoms with Crippen LogP contribution < -0.4 is 0 Å². The molecule has 0 radical (unpaired) electrons. The maximum atomic E-state index is 12.0. The topological polar surface area (TPSA) is 32.7 Å². The summed E-state index contributed by atoms with van der Waals surface area (Å²) in [6, 6.07) is 7.49. The number of hydrogen-bond donors (Lipinski definition) is 0. The van der Waals surface area contributed by atoms with Crippen molar-refractivity contribution in [2.45, 2.75) is 26.2 Å². The standard InChI is InChI=1S/C16H17ClN2O/c1-3-4-5-6-13-11-15(18-19(2)16(13)20)12-7-9-14(17)10-8-12/h7-10,13H,3-4,11H2,1-2H3. The Morgan fingerprint density at radius 2 is 2.10 bits per heavy atom. The van der Waals surface area contributed by atoms with Gasteiger partial charge < -0.3 is 0 Å². The molecule has 0 bridgehead atoms. The minimum Gasteiger partial charge on any atom is -0.272 e. The lowest BCUT2D eigenvalue weighted by Crippen LogP contribution is -2.35. The van der Waals surface area contributed by atoms with Crippen molar-refractivity contribution >= 4 is 23.2 Å². The van der Waals surface area contributed by atoms with Crippen LogP contribution in [0.2, 0.25) is 5.02 Å². The molecule has 1 amide bonds. The summed E-state index contributed by atoms with van der Waals surface area (Å²) in [5.41, 5.74) is 1.86. The molecule has 2 rings (SSSR count). The summed E-state index contributed by atoms with van der Waals surface area (Å²) < 4.78 is 0. The van der Waals surface area contributed by atoms with Crippen LogP contribution in [0.15, 0.2) is 29.4 Å². The van der Waals surface area contributed by atoms with E-state index in [1.54, 1.807) is 7.05 Å². The Hall–Kier alpha value is -1.79. The largest absolute Gasteiger partial charge is 0.272 e. The number of unbranched alkanes of at least 4 members (excludes halogenated alkanes) is 1.